The summed E-state index contributed by atoms with van der Waals surface area (Å²) in [6, 6.07) is 7.70. The van der Waals surface area contributed by atoms with Gasteiger partial charge in [0.15, 0.2) is 5.96 Å². The zero-order valence-corrected chi connectivity index (χ0v) is 12.0. The van der Waals surface area contributed by atoms with Crippen LogP contribution in [-0.2, 0) is 6.54 Å². The molecule has 0 bridgehead atoms. The van der Waals surface area contributed by atoms with Crippen molar-refractivity contribution in [2.45, 2.75) is 19.5 Å². The number of aliphatic imine (C=N–C) groups is 1. The number of hydrogen-bond acceptors (Lipinski definition) is 4. The van der Waals surface area contributed by atoms with E-state index in [1.54, 1.807) is 0 Å². The minimum Gasteiger partial charge on any atom is -0.369 e. The lowest BCUT2D eigenvalue weighted by atomic mass is 10.1. The van der Waals surface area contributed by atoms with Crippen LogP contribution in [0.25, 0.3) is 0 Å². The van der Waals surface area contributed by atoms with E-state index in [0.29, 0.717) is 17.5 Å². The third-order valence-corrected chi connectivity index (χ3v) is 3.78. The summed E-state index contributed by atoms with van der Waals surface area (Å²) in [7, 11) is 0. The number of guanidine groups is 1. The van der Waals surface area contributed by atoms with Crippen molar-refractivity contribution in [3.63, 3.8) is 0 Å². The van der Waals surface area contributed by atoms with Crippen LogP contribution in [0, 0.1) is 0 Å². The molecule has 1 aromatic heterocycles. The summed E-state index contributed by atoms with van der Waals surface area (Å²) < 4.78 is 1.90. The van der Waals surface area contributed by atoms with Gasteiger partial charge in [-0.15, -0.1) is 0 Å². The number of hydrogen-bond donors (Lipinski definition) is 1. The van der Waals surface area contributed by atoms with E-state index in [4.69, 9.17) is 17.3 Å². The first-order valence-electron chi connectivity index (χ1n) is 6.56. The summed E-state index contributed by atoms with van der Waals surface area (Å²) in [6.45, 7) is 3.52. The van der Waals surface area contributed by atoms with Crippen molar-refractivity contribution in [3.8, 4) is 0 Å². The molecule has 0 radical (unpaired) electrons. The summed E-state index contributed by atoms with van der Waals surface area (Å²) in [5.74, 6) is 0.493. The van der Waals surface area contributed by atoms with Crippen molar-refractivity contribution >= 4 is 23.2 Å². The van der Waals surface area contributed by atoms with E-state index in [1.165, 1.54) is 0 Å². The average Bonchev–Trinajstić information content (AvgIpc) is 3.06. The maximum atomic E-state index is 6.28. The molecule has 0 fully saturated rings. The maximum Gasteiger partial charge on any atom is 0.196 e. The zero-order valence-electron chi connectivity index (χ0n) is 11.2. The lowest BCUT2D eigenvalue weighted by Gasteiger charge is -2.26. The second-order valence-corrected chi connectivity index (χ2v) is 5.07. The number of nitrogens with two attached hydrogens (primary N) is 1. The van der Waals surface area contributed by atoms with Crippen LogP contribution in [0.4, 0.5) is 5.69 Å². The van der Waals surface area contributed by atoms with Gasteiger partial charge in [0, 0.05) is 18.3 Å². The highest BCUT2D eigenvalue weighted by Gasteiger charge is 2.30. The Bertz CT molecular complexity index is 649. The number of para-hydroxylation sites is 1. The highest BCUT2D eigenvalue weighted by molar-refractivity contribution is 6.33. The topological polar surface area (TPSA) is 59.4 Å². The average molecular weight is 290 g/mol. The molecular formula is C14H16ClN5. The molecule has 3 rings (SSSR count). The van der Waals surface area contributed by atoms with Gasteiger partial charge in [-0.1, -0.05) is 23.7 Å². The predicted molar refractivity (Wildman–Crippen MR) is 81.1 cm³/mol. The van der Waals surface area contributed by atoms with E-state index < -0.39 is 0 Å². The molecule has 2 aromatic rings. The van der Waals surface area contributed by atoms with Gasteiger partial charge in [0.05, 0.1) is 29.5 Å². The first-order chi connectivity index (χ1) is 9.70. The van der Waals surface area contributed by atoms with Gasteiger partial charge in [0.1, 0.15) is 0 Å². The van der Waals surface area contributed by atoms with E-state index in [1.807, 2.05) is 46.2 Å². The van der Waals surface area contributed by atoms with Crippen LogP contribution in [0.5, 0.6) is 0 Å². The van der Waals surface area contributed by atoms with E-state index >= 15 is 0 Å². The molecule has 1 unspecified atom stereocenters. The van der Waals surface area contributed by atoms with Crippen molar-refractivity contribution < 1.29 is 0 Å². The van der Waals surface area contributed by atoms with Gasteiger partial charge in [0.25, 0.3) is 0 Å². The molecule has 1 aliphatic rings. The highest BCUT2D eigenvalue weighted by atomic mass is 35.5. The maximum absolute atomic E-state index is 6.28. The Balaban J connectivity index is 1.98. The summed E-state index contributed by atoms with van der Waals surface area (Å²) >= 11 is 6.28. The second kappa shape index (κ2) is 5.17. The Hall–Kier alpha value is -2.01. The molecule has 1 aliphatic heterocycles. The Morgan fingerprint density at radius 3 is 2.90 bits per heavy atom. The summed E-state index contributed by atoms with van der Waals surface area (Å²) in [5.41, 5.74) is 8.01. The number of benzene rings is 1. The molecule has 6 heteroatoms. The Morgan fingerprint density at radius 1 is 1.40 bits per heavy atom. The van der Waals surface area contributed by atoms with Crippen LogP contribution < -0.4 is 10.6 Å². The third-order valence-electron chi connectivity index (χ3n) is 3.46. The molecule has 0 spiro atoms. The molecule has 0 amide bonds. The number of anilines is 1. The number of nitrogens with zero attached hydrogens (tertiary/aromatic N) is 4. The monoisotopic (exact) mass is 289 g/mol. The standard InChI is InChI=1S/C14H16ClN5/c1-2-19-9-10(7-18-19)13-8-17-14(16)20(13)12-6-4-3-5-11(12)15/h3-7,9,13H,2,8H2,1H3,(H2,16,17). The lowest BCUT2D eigenvalue weighted by molar-refractivity contribution is 0.657. The fourth-order valence-electron chi connectivity index (χ4n) is 2.41. The lowest BCUT2D eigenvalue weighted by Crippen LogP contribution is -2.36. The molecule has 0 saturated heterocycles. The third kappa shape index (κ3) is 2.14. The van der Waals surface area contributed by atoms with E-state index in [9.17, 15) is 0 Å². The molecular weight excluding hydrogens is 274 g/mol. The Labute approximate surface area is 122 Å². The number of aryl methyl sites for hydroxylation is 1. The molecule has 20 heavy (non-hydrogen) atoms. The predicted octanol–water partition coefficient (Wildman–Crippen LogP) is 2.43. The van der Waals surface area contributed by atoms with Crippen molar-refractivity contribution in [1.29, 1.82) is 0 Å². The number of halogens is 1. The fraction of sp³-hybridized carbons (Fsp3) is 0.286. The number of rotatable bonds is 3. The molecule has 2 N–H and O–H groups in total. The fourth-order valence-corrected chi connectivity index (χ4v) is 2.64. The van der Waals surface area contributed by atoms with E-state index in [0.717, 1.165) is 17.8 Å². The Morgan fingerprint density at radius 2 is 2.20 bits per heavy atom. The van der Waals surface area contributed by atoms with E-state index in [2.05, 4.69) is 17.0 Å². The number of aromatic nitrogens is 2. The van der Waals surface area contributed by atoms with Crippen LogP contribution in [0.15, 0.2) is 41.7 Å². The van der Waals surface area contributed by atoms with Gasteiger partial charge in [-0.25, -0.2) is 0 Å². The normalized spacial score (nSPS) is 18.4. The molecule has 1 atom stereocenters. The van der Waals surface area contributed by atoms with Crippen molar-refractivity contribution in [3.05, 3.63) is 47.2 Å². The SMILES string of the molecule is CCn1cc(C2CN=C(N)N2c2ccccc2Cl)cn1. The second-order valence-electron chi connectivity index (χ2n) is 4.67. The summed E-state index contributed by atoms with van der Waals surface area (Å²) in [6.07, 6.45) is 3.90. The largest absolute Gasteiger partial charge is 0.369 e. The van der Waals surface area contributed by atoms with Gasteiger partial charge in [-0.3, -0.25) is 9.67 Å². The smallest absolute Gasteiger partial charge is 0.196 e. The molecule has 0 aliphatic carbocycles. The van der Waals surface area contributed by atoms with Gasteiger partial charge in [0.2, 0.25) is 0 Å². The van der Waals surface area contributed by atoms with Gasteiger partial charge in [-0.2, -0.15) is 5.10 Å². The van der Waals surface area contributed by atoms with E-state index in [-0.39, 0.29) is 6.04 Å². The molecule has 1 aromatic carbocycles. The van der Waals surface area contributed by atoms with Gasteiger partial charge in [-0.05, 0) is 19.1 Å². The summed E-state index contributed by atoms with van der Waals surface area (Å²) in [5, 5.41) is 4.99. The quantitative estimate of drug-likeness (QED) is 0.944. The molecule has 2 heterocycles. The van der Waals surface area contributed by atoms with Crippen LogP contribution >= 0.6 is 11.6 Å². The van der Waals surface area contributed by atoms with Crippen LogP contribution in [0.3, 0.4) is 0 Å². The molecule has 0 saturated carbocycles. The van der Waals surface area contributed by atoms with Crippen LogP contribution in [-0.4, -0.2) is 22.3 Å². The first kappa shape index (κ1) is 13.0. The molecule has 5 nitrogen and oxygen atoms in total. The van der Waals surface area contributed by atoms with Gasteiger partial charge >= 0.3 is 0 Å². The summed E-state index contributed by atoms with van der Waals surface area (Å²) in [4.78, 5) is 6.32. The zero-order chi connectivity index (χ0) is 14.1. The minimum absolute atomic E-state index is 0.0511. The van der Waals surface area contributed by atoms with Crippen molar-refractivity contribution in [2.75, 3.05) is 11.4 Å². The van der Waals surface area contributed by atoms with Crippen molar-refractivity contribution in [1.82, 2.24) is 9.78 Å². The molecule has 104 valence electrons. The first-order valence-corrected chi connectivity index (χ1v) is 6.94. The van der Waals surface area contributed by atoms with Crippen LogP contribution in [0.2, 0.25) is 5.02 Å². The minimum atomic E-state index is 0.0511. The highest BCUT2D eigenvalue weighted by Crippen LogP contribution is 2.35. The Kier molecular flexibility index (Phi) is 3.36. The van der Waals surface area contributed by atoms with Crippen LogP contribution in [0.1, 0.15) is 18.5 Å². The van der Waals surface area contributed by atoms with Gasteiger partial charge < -0.3 is 10.6 Å². The van der Waals surface area contributed by atoms with Crippen molar-refractivity contribution in [2.24, 2.45) is 10.7 Å².